The van der Waals surface area contributed by atoms with Crippen LogP contribution in [0.1, 0.15) is 21.6 Å². The van der Waals surface area contributed by atoms with Crippen molar-refractivity contribution in [1.29, 1.82) is 0 Å². The van der Waals surface area contributed by atoms with Gasteiger partial charge in [0.1, 0.15) is 11.5 Å². The van der Waals surface area contributed by atoms with Gasteiger partial charge < -0.3 is 10.2 Å². The van der Waals surface area contributed by atoms with E-state index in [0.29, 0.717) is 17.8 Å². The number of amides is 1. The quantitative estimate of drug-likeness (QED) is 0.707. The molecule has 5 nitrogen and oxygen atoms in total. The summed E-state index contributed by atoms with van der Waals surface area (Å²) in [7, 11) is 1.67. The maximum Gasteiger partial charge on any atom is 0.433 e. The third-order valence-electron chi connectivity index (χ3n) is 4.07. The SMILES string of the molecule is CN(C(=O)c1ccncc1)c1ccc(CNc2cccc(C(F)(F)F)n2)cc1. The molecule has 3 rings (SSSR count). The molecule has 28 heavy (non-hydrogen) atoms. The number of hydrogen-bond acceptors (Lipinski definition) is 4. The second kappa shape index (κ2) is 8.08. The van der Waals surface area contributed by atoms with Crippen LogP contribution in [0.4, 0.5) is 24.7 Å². The standard InChI is InChI=1S/C20H17F3N4O/c1-27(19(28)15-9-11-24-12-10-15)16-7-5-14(6-8-16)13-25-18-4-2-3-17(26-18)20(21,22)23/h2-12H,13H2,1H3,(H,25,26). The minimum Gasteiger partial charge on any atom is -0.366 e. The van der Waals surface area contributed by atoms with E-state index in [9.17, 15) is 18.0 Å². The zero-order valence-corrected chi connectivity index (χ0v) is 14.9. The fourth-order valence-corrected chi connectivity index (χ4v) is 2.53. The largest absolute Gasteiger partial charge is 0.433 e. The highest BCUT2D eigenvalue weighted by Gasteiger charge is 2.32. The van der Waals surface area contributed by atoms with Gasteiger partial charge >= 0.3 is 6.18 Å². The van der Waals surface area contributed by atoms with Gasteiger partial charge in [0.15, 0.2) is 0 Å². The van der Waals surface area contributed by atoms with Crippen LogP contribution in [-0.2, 0) is 12.7 Å². The molecule has 0 aliphatic carbocycles. The lowest BCUT2D eigenvalue weighted by molar-refractivity contribution is -0.141. The van der Waals surface area contributed by atoms with Crippen LogP contribution in [0.2, 0.25) is 0 Å². The van der Waals surface area contributed by atoms with Crippen LogP contribution in [0.5, 0.6) is 0 Å². The molecule has 144 valence electrons. The number of anilines is 2. The average Bonchev–Trinajstić information content (AvgIpc) is 2.72. The van der Waals surface area contributed by atoms with Gasteiger partial charge in [0.2, 0.25) is 0 Å². The Morgan fingerprint density at radius 3 is 2.36 bits per heavy atom. The Hall–Kier alpha value is -3.42. The van der Waals surface area contributed by atoms with Crippen LogP contribution in [0.25, 0.3) is 0 Å². The number of carbonyl (C=O) groups is 1. The maximum absolute atomic E-state index is 12.7. The normalized spacial score (nSPS) is 11.1. The predicted molar refractivity (Wildman–Crippen MR) is 100.0 cm³/mol. The maximum atomic E-state index is 12.7. The second-order valence-electron chi connectivity index (χ2n) is 6.03. The van der Waals surface area contributed by atoms with E-state index in [-0.39, 0.29) is 11.7 Å². The monoisotopic (exact) mass is 386 g/mol. The number of nitrogens with zero attached hydrogens (tertiary/aromatic N) is 3. The molecule has 0 aliphatic heterocycles. The molecule has 1 N–H and O–H groups in total. The highest BCUT2D eigenvalue weighted by molar-refractivity contribution is 6.05. The van der Waals surface area contributed by atoms with E-state index in [0.717, 1.165) is 11.6 Å². The van der Waals surface area contributed by atoms with Gasteiger partial charge in [-0.3, -0.25) is 9.78 Å². The fraction of sp³-hybridized carbons (Fsp3) is 0.150. The van der Waals surface area contributed by atoms with Gasteiger partial charge in [-0.15, -0.1) is 0 Å². The molecule has 0 unspecified atom stereocenters. The fourth-order valence-electron chi connectivity index (χ4n) is 2.53. The topological polar surface area (TPSA) is 58.1 Å². The number of carbonyl (C=O) groups excluding carboxylic acids is 1. The summed E-state index contributed by atoms with van der Waals surface area (Å²) < 4.78 is 38.1. The Kier molecular flexibility index (Phi) is 5.58. The highest BCUT2D eigenvalue weighted by atomic mass is 19.4. The van der Waals surface area contributed by atoms with Gasteiger partial charge in [0.25, 0.3) is 5.91 Å². The number of rotatable bonds is 5. The molecule has 0 aliphatic rings. The van der Waals surface area contributed by atoms with Crippen LogP contribution in [0.15, 0.2) is 67.0 Å². The highest BCUT2D eigenvalue weighted by Crippen LogP contribution is 2.28. The van der Waals surface area contributed by atoms with E-state index in [1.54, 1.807) is 55.8 Å². The van der Waals surface area contributed by atoms with Crippen molar-refractivity contribution in [2.75, 3.05) is 17.3 Å². The van der Waals surface area contributed by atoms with Gasteiger partial charge in [-0.2, -0.15) is 13.2 Å². The summed E-state index contributed by atoms with van der Waals surface area (Å²) in [5, 5.41) is 2.87. The average molecular weight is 386 g/mol. The number of benzene rings is 1. The molecule has 0 fully saturated rings. The summed E-state index contributed by atoms with van der Waals surface area (Å²) >= 11 is 0. The molecular formula is C20H17F3N4O. The lowest BCUT2D eigenvalue weighted by atomic mass is 10.1. The summed E-state index contributed by atoms with van der Waals surface area (Å²) in [6.45, 7) is 0.302. The molecule has 0 atom stereocenters. The Morgan fingerprint density at radius 1 is 1.04 bits per heavy atom. The Morgan fingerprint density at radius 2 is 1.71 bits per heavy atom. The van der Waals surface area contributed by atoms with E-state index in [1.165, 1.54) is 17.0 Å². The number of pyridine rings is 2. The minimum atomic E-state index is -4.48. The molecular weight excluding hydrogens is 369 g/mol. The van der Waals surface area contributed by atoms with E-state index >= 15 is 0 Å². The van der Waals surface area contributed by atoms with Crippen molar-refractivity contribution in [2.45, 2.75) is 12.7 Å². The molecule has 2 aromatic heterocycles. The number of halogens is 3. The van der Waals surface area contributed by atoms with Gasteiger partial charge in [0, 0.05) is 37.2 Å². The van der Waals surface area contributed by atoms with Crippen LogP contribution in [-0.4, -0.2) is 22.9 Å². The molecule has 0 bridgehead atoms. The van der Waals surface area contributed by atoms with Crippen molar-refractivity contribution >= 4 is 17.4 Å². The Labute approximate surface area is 159 Å². The Bertz CT molecular complexity index is 944. The van der Waals surface area contributed by atoms with Crippen LogP contribution in [0, 0.1) is 0 Å². The first-order chi connectivity index (χ1) is 13.3. The van der Waals surface area contributed by atoms with Crippen LogP contribution >= 0.6 is 0 Å². The smallest absolute Gasteiger partial charge is 0.366 e. The first kappa shape index (κ1) is 19.3. The van der Waals surface area contributed by atoms with Gasteiger partial charge in [-0.25, -0.2) is 4.98 Å². The molecule has 0 radical (unpaired) electrons. The third-order valence-corrected chi connectivity index (χ3v) is 4.07. The van der Waals surface area contributed by atoms with E-state index in [1.807, 2.05) is 0 Å². The van der Waals surface area contributed by atoms with Crippen molar-refractivity contribution in [3.8, 4) is 0 Å². The zero-order chi connectivity index (χ0) is 20.1. The van der Waals surface area contributed by atoms with E-state index < -0.39 is 11.9 Å². The van der Waals surface area contributed by atoms with Gasteiger partial charge in [0.05, 0.1) is 0 Å². The predicted octanol–water partition coefficient (Wildman–Crippen LogP) is 4.38. The molecule has 1 amide bonds. The molecule has 0 saturated carbocycles. The number of hydrogen-bond donors (Lipinski definition) is 1. The van der Waals surface area contributed by atoms with Crippen molar-refractivity contribution in [3.63, 3.8) is 0 Å². The summed E-state index contributed by atoms with van der Waals surface area (Å²) in [6, 6.07) is 14.1. The van der Waals surface area contributed by atoms with Crippen LogP contribution in [0.3, 0.4) is 0 Å². The Balaban J connectivity index is 1.64. The van der Waals surface area contributed by atoms with Crippen LogP contribution < -0.4 is 10.2 Å². The summed E-state index contributed by atoms with van der Waals surface area (Å²) in [5.74, 6) is -0.0228. The summed E-state index contributed by atoms with van der Waals surface area (Å²) in [4.78, 5) is 21.4. The third kappa shape index (κ3) is 4.64. The van der Waals surface area contributed by atoms with Gasteiger partial charge in [-0.05, 0) is 42.0 Å². The van der Waals surface area contributed by atoms with Crippen molar-refractivity contribution in [1.82, 2.24) is 9.97 Å². The summed E-state index contributed by atoms with van der Waals surface area (Å²) in [5.41, 5.74) is 1.12. The molecule has 1 aromatic carbocycles. The first-order valence-corrected chi connectivity index (χ1v) is 8.40. The minimum absolute atomic E-state index is 0.142. The van der Waals surface area contributed by atoms with E-state index in [4.69, 9.17) is 0 Å². The van der Waals surface area contributed by atoms with Crippen molar-refractivity contribution in [3.05, 3.63) is 83.8 Å². The van der Waals surface area contributed by atoms with Crippen molar-refractivity contribution in [2.24, 2.45) is 0 Å². The van der Waals surface area contributed by atoms with Gasteiger partial charge in [-0.1, -0.05) is 18.2 Å². The lowest BCUT2D eigenvalue weighted by Crippen LogP contribution is -2.26. The molecule has 0 spiro atoms. The lowest BCUT2D eigenvalue weighted by Gasteiger charge is -2.18. The molecule has 3 aromatic rings. The first-order valence-electron chi connectivity index (χ1n) is 8.40. The number of alkyl halides is 3. The molecule has 0 saturated heterocycles. The molecule has 2 heterocycles. The van der Waals surface area contributed by atoms with E-state index in [2.05, 4.69) is 15.3 Å². The second-order valence-corrected chi connectivity index (χ2v) is 6.03. The summed E-state index contributed by atoms with van der Waals surface area (Å²) in [6.07, 6.45) is -1.37. The zero-order valence-electron chi connectivity index (χ0n) is 14.9. The number of aromatic nitrogens is 2. The van der Waals surface area contributed by atoms with Crippen molar-refractivity contribution < 1.29 is 18.0 Å². The molecule has 8 heteroatoms. The number of nitrogens with one attached hydrogen (secondary N) is 1.